The summed E-state index contributed by atoms with van der Waals surface area (Å²) in [6, 6.07) is 6.72. The lowest BCUT2D eigenvalue weighted by atomic mass is 9.96. The monoisotopic (exact) mass is 243 g/mol. The van der Waals surface area contributed by atoms with E-state index in [9.17, 15) is 0 Å². The maximum absolute atomic E-state index is 4.37. The molecule has 0 aliphatic heterocycles. The number of hydrogen-bond acceptors (Lipinski definition) is 2. The van der Waals surface area contributed by atoms with Crippen LogP contribution in [0, 0.1) is 13.8 Å². The Balaban J connectivity index is 2.24. The first-order chi connectivity index (χ1) is 8.72. The van der Waals surface area contributed by atoms with Gasteiger partial charge in [0.1, 0.15) is 5.82 Å². The fourth-order valence-corrected chi connectivity index (χ4v) is 2.36. The Bertz CT molecular complexity index is 468. The van der Waals surface area contributed by atoms with Gasteiger partial charge in [-0.15, -0.1) is 0 Å². The van der Waals surface area contributed by atoms with Crippen molar-refractivity contribution >= 4 is 0 Å². The van der Waals surface area contributed by atoms with Crippen molar-refractivity contribution in [3.63, 3.8) is 0 Å². The summed E-state index contributed by atoms with van der Waals surface area (Å²) >= 11 is 0. The van der Waals surface area contributed by atoms with Crippen LogP contribution in [0.2, 0.25) is 0 Å². The molecule has 0 aliphatic carbocycles. The highest BCUT2D eigenvalue weighted by Crippen LogP contribution is 2.21. The zero-order chi connectivity index (χ0) is 13.0. The number of rotatable bonds is 5. The number of aromatic nitrogens is 2. The first-order valence-corrected chi connectivity index (χ1v) is 6.50. The van der Waals surface area contributed by atoms with Gasteiger partial charge in [-0.05, 0) is 43.5 Å². The Morgan fingerprint density at radius 3 is 2.56 bits per heavy atom. The van der Waals surface area contributed by atoms with Crippen LogP contribution in [0.3, 0.4) is 0 Å². The van der Waals surface area contributed by atoms with Crippen molar-refractivity contribution in [3.05, 3.63) is 53.1 Å². The van der Waals surface area contributed by atoms with Crippen LogP contribution >= 0.6 is 0 Å². The number of aryl methyl sites for hydroxylation is 2. The van der Waals surface area contributed by atoms with Gasteiger partial charge >= 0.3 is 0 Å². The van der Waals surface area contributed by atoms with E-state index in [2.05, 4.69) is 54.3 Å². The molecule has 1 aromatic carbocycles. The standard InChI is InChI=1S/C15H21N3/c1-4-16-14(15-17-8-9-18-15)10-13-11(2)6-5-7-12(13)3/h5-9,14,16H,4,10H2,1-3H3,(H,17,18). The van der Waals surface area contributed by atoms with Crippen molar-refractivity contribution < 1.29 is 0 Å². The third-order valence-corrected chi connectivity index (χ3v) is 3.35. The molecule has 1 atom stereocenters. The molecule has 2 aromatic rings. The fraction of sp³-hybridized carbons (Fsp3) is 0.400. The summed E-state index contributed by atoms with van der Waals surface area (Å²) in [6.45, 7) is 7.41. The molecule has 0 aliphatic rings. The average Bonchev–Trinajstić information content (AvgIpc) is 2.86. The maximum atomic E-state index is 4.37. The van der Waals surface area contributed by atoms with E-state index in [1.54, 1.807) is 0 Å². The summed E-state index contributed by atoms with van der Waals surface area (Å²) in [4.78, 5) is 7.58. The molecule has 0 spiro atoms. The molecule has 0 bridgehead atoms. The number of H-pyrrole nitrogens is 1. The van der Waals surface area contributed by atoms with E-state index in [0.29, 0.717) is 0 Å². The molecule has 1 heterocycles. The zero-order valence-corrected chi connectivity index (χ0v) is 11.3. The fourth-order valence-electron chi connectivity index (χ4n) is 2.36. The van der Waals surface area contributed by atoms with E-state index in [0.717, 1.165) is 18.8 Å². The molecule has 0 fully saturated rings. The first-order valence-electron chi connectivity index (χ1n) is 6.50. The Morgan fingerprint density at radius 2 is 2.00 bits per heavy atom. The van der Waals surface area contributed by atoms with Gasteiger partial charge in [0.15, 0.2) is 0 Å². The minimum absolute atomic E-state index is 0.254. The number of benzene rings is 1. The molecule has 3 nitrogen and oxygen atoms in total. The summed E-state index contributed by atoms with van der Waals surface area (Å²) in [5, 5.41) is 3.49. The Labute approximate surface area is 109 Å². The average molecular weight is 243 g/mol. The zero-order valence-electron chi connectivity index (χ0n) is 11.3. The van der Waals surface area contributed by atoms with Crippen LogP contribution in [0.25, 0.3) is 0 Å². The van der Waals surface area contributed by atoms with Crippen molar-refractivity contribution in [1.82, 2.24) is 15.3 Å². The highest BCUT2D eigenvalue weighted by Gasteiger charge is 2.15. The minimum atomic E-state index is 0.254. The van der Waals surface area contributed by atoms with Crippen LogP contribution in [-0.2, 0) is 6.42 Å². The number of imidazole rings is 1. The third-order valence-electron chi connectivity index (χ3n) is 3.35. The molecule has 0 saturated heterocycles. The summed E-state index contributed by atoms with van der Waals surface area (Å²) in [7, 11) is 0. The lowest BCUT2D eigenvalue weighted by molar-refractivity contribution is 0.524. The normalized spacial score (nSPS) is 12.6. The molecule has 2 rings (SSSR count). The topological polar surface area (TPSA) is 40.7 Å². The molecule has 0 radical (unpaired) electrons. The number of likely N-dealkylation sites (N-methyl/N-ethyl adjacent to an activating group) is 1. The van der Waals surface area contributed by atoms with Gasteiger partial charge in [0, 0.05) is 12.4 Å². The largest absolute Gasteiger partial charge is 0.347 e. The molecular formula is C15H21N3. The van der Waals surface area contributed by atoms with Gasteiger partial charge in [-0.25, -0.2) is 4.98 Å². The van der Waals surface area contributed by atoms with Crippen LogP contribution in [0.1, 0.15) is 35.5 Å². The number of hydrogen-bond donors (Lipinski definition) is 2. The van der Waals surface area contributed by atoms with Crippen LogP contribution in [-0.4, -0.2) is 16.5 Å². The summed E-state index contributed by atoms with van der Waals surface area (Å²) in [5.41, 5.74) is 4.12. The molecule has 2 N–H and O–H groups in total. The van der Waals surface area contributed by atoms with Gasteiger partial charge in [0.05, 0.1) is 6.04 Å². The SMILES string of the molecule is CCNC(Cc1c(C)cccc1C)c1ncc[nH]1. The van der Waals surface area contributed by atoms with Crippen LogP contribution in [0.5, 0.6) is 0 Å². The number of nitrogens with zero attached hydrogens (tertiary/aromatic N) is 1. The minimum Gasteiger partial charge on any atom is -0.347 e. The van der Waals surface area contributed by atoms with Crippen LogP contribution < -0.4 is 5.32 Å². The van der Waals surface area contributed by atoms with Gasteiger partial charge in [0.2, 0.25) is 0 Å². The summed E-state index contributed by atoms with van der Waals surface area (Å²) in [6.07, 6.45) is 4.66. The van der Waals surface area contributed by atoms with Crippen LogP contribution in [0.4, 0.5) is 0 Å². The highest BCUT2D eigenvalue weighted by atomic mass is 15.0. The predicted octanol–water partition coefficient (Wildman–Crippen LogP) is 2.92. The van der Waals surface area contributed by atoms with E-state index in [1.807, 2.05) is 12.4 Å². The molecule has 1 unspecified atom stereocenters. The van der Waals surface area contributed by atoms with Crippen molar-refractivity contribution in [3.8, 4) is 0 Å². The Hall–Kier alpha value is -1.61. The smallest absolute Gasteiger partial charge is 0.123 e. The van der Waals surface area contributed by atoms with Crippen molar-refractivity contribution in [2.24, 2.45) is 0 Å². The maximum Gasteiger partial charge on any atom is 0.123 e. The van der Waals surface area contributed by atoms with Gasteiger partial charge < -0.3 is 10.3 Å². The molecule has 3 heteroatoms. The molecule has 0 amide bonds. The molecule has 18 heavy (non-hydrogen) atoms. The van der Waals surface area contributed by atoms with E-state index in [-0.39, 0.29) is 6.04 Å². The van der Waals surface area contributed by atoms with E-state index >= 15 is 0 Å². The third kappa shape index (κ3) is 2.79. The van der Waals surface area contributed by atoms with Crippen LogP contribution in [0.15, 0.2) is 30.6 Å². The molecule has 1 aromatic heterocycles. The predicted molar refractivity (Wildman–Crippen MR) is 74.6 cm³/mol. The van der Waals surface area contributed by atoms with Crippen molar-refractivity contribution in [2.45, 2.75) is 33.2 Å². The van der Waals surface area contributed by atoms with Crippen molar-refractivity contribution in [2.75, 3.05) is 6.54 Å². The van der Waals surface area contributed by atoms with E-state index < -0.39 is 0 Å². The van der Waals surface area contributed by atoms with Crippen molar-refractivity contribution in [1.29, 1.82) is 0 Å². The van der Waals surface area contributed by atoms with Gasteiger partial charge in [-0.2, -0.15) is 0 Å². The summed E-state index contributed by atoms with van der Waals surface area (Å²) in [5.74, 6) is 1.01. The summed E-state index contributed by atoms with van der Waals surface area (Å²) < 4.78 is 0. The van der Waals surface area contributed by atoms with E-state index in [4.69, 9.17) is 0 Å². The molecular weight excluding hydrogens is 222 g/mol. The second-order valence-corrected chi connectivity index (χ2v) is 4.66. The Morgan fingerprint density at radius 1 is 1.28 bits per heavy atom. The number of aromatic amines is 1. The second-order valence-electron chi connectivity index (χ2n) is 4.66. The van der Waals surface area contributed by atoms with Gasteiger partial charge in [0.25, 0.3) is 0 Å². The lowest BCUT2D eigenvalue weighted by Crippen LogP contribution is -2.24. The highest BCUT2D eigenvalue weighted by molar-refractivity contribution is 5.34. The molecule has 96 valence electrons. The first kappa shape index (κ1) is 12.8. The lowest BCUT2D eigenvalue weighted by Gasteiger charge is -2.18. The number of nitrogens with one attached hydrogen (secondary N) is 2. The Kier molecular flexibility index (Phi) is 4.15. The second kappa shape index (κ2) is 5.83. The molecule has 0 saturated carbocycles. The van der Waals surface area contributed by atoms with E-state index in [1.165, 1.54) is 16.7 Å². The van der Waals surface area contributed by atoms with Gasteiger partial charge in [-0.1, -0.05) is 25.1 Å². The van der Waals surface area contributed by atoms with Gasteiger partial charge in [-0.3, -0.25) is 0 Å². The quantitative estimate of drug-likeness (QED) is 0.847.